The van der Waals surface area contributed by atoms with E-state index in [1.54, 1.807) is 0 Å². The molecular formula is C18H30N2O. The van der Waals surface area contributed by atoms with Crippen molar-refractivity contribution >= 4 is 5.91 Å². The first kappa shape index (κ1) is 14.0. The van der Waals surface area contributed by atoms with Crippen molar-refractivity contribution in [2.24, 2.45) is 40.7 Å². The maximum absolute atomic E-state index is 13.2. The second-order valence-corrected chi connectivity index (χ2v) is 9.10. The molecule has 1 saturated heterocycles. The van der Waals surface area contributed by atoms with Crippen molar-refractivity contribution in [3.63, 3.8) is 0 Å². The number of likely N-dealkylation sites (tertiary alicyclic amines) is 1. The van der Waals surface area contributed by atoms with E-state index in [2.05, 4.69) is 18.7 Å². The number of rotatable bonds is 1. The van der Waals surface area contributed by atoms with E-state index in [0.29, 0.717) is 23.7 Å². The molecule has 1 aliphatic heterocycles. The summed E-state index contributed by atoms with van der Waals surface area (Å²) in [4.78, 5) is 15.3. The molecule has 0 spiro atoms. The molecule has 2 N–H and O–H groups in total. The molecule has 1 heterocycles. The van der Waals surface area contributed by atoms with Crippen molar-refractivity contribution in [2.45, 2.75) is 58.4 Å². The van der Waals surface area contributed by atoms with Crippen LogP contribution in [0.2, 0.25) is 0 Å². The van der Waals surface area contributed by atoms with E-state index in [4.69, 9.17) is 5.73 Å². The zero-order valence-electron chi connectivity index (χ0n) is 13.6. The summed E-state index contributed by atoms with van der Waals surface area (Å²) in [6.45, 7) is 6.17. The van der Waals surface area contributed by atoms with Gasteiger partial charge < -0.3 is 10.6 Å². The van der Waals surface area contributed by atoms with Crippen molar-refractivity contribution in [3.8, 4) is 0 Å². The van der Waals surface area contributed by atoms with Gasteiger partial charge in [-0.1, -0.05) is 13.8 Å². The third-order valence-electron chi connectivity index (χ3n) is 7.14. The topological polar surface area (TPSA) is 46.3 Å². The Morgan fingerprint density at radius 3 is 2.14 bits per heavy atom. The van der Waals surface area contributed by atoms with Gasteiger partial charge in [-0.15, -0.1) is 0 Å². The smallest absolute Gasteiger partial charge is 0.226 e. The zero-order valence-corrected chi connectivity index (χ0v) is 13.6. The minimum Gasteiger partial charge on any atom is -0.342 e. The van der Waals surface area contributed by atoms with Crippen LogP contribution in [0.4, 0.5) is 0 Å². The first-order chi connectivity index (χ1) is 9.94. The molecule has 4 saturated carbocycles. The second-order valence-electron chi connectivity index (χ2n) is 9.10. The number of amides is 1. The Hall–Kier alpha value is -0.570. The van der Waals surface area contributed by atoms with Gasteiger partial charge in [-0.05, 0) is 67.6 Å². The number of hydrogen-bond donors (Lipinski definition) is 1. The molecular weight excluding hydrogens is 260 g/mol. The van der Waals surface area contributed by atoms with Gasteiger partial charge in [0.2, 0.25) is 5.91 Å². The van der Waals surface area contributed by atoms with Crippen LogP contribution in [-0.2, 0) is 4.79 Å². The molecule has 0 aromatic heterocycles. The second kappa shape index (κ2) is 4.71. The van der Waals surface area contributed by atoms with Crippen molar-refractivity contribution < 1.29 is 4.79 Å². The molecule has 1 atom stereocenters. The van der Waals surface area contributed by atoms with Gasteiger partial charge in [-0.3, -0.25) is 4.79 Å². The van der Waals surface area contributed by atoms with Crippen LogP contribution in [0.3, 0.4) is 0 Å². The number of piperidine rings is 1. The lowest BCUT2D eigenvalue weighted by molar-refractivity contribution is -0.152. The third-order valence-corrected chi connectivity index (χ3v) is 7.14. The van der Waals surface area contributed by atoms with E-state index < -0.39 is 0 Å². The van der Waals surface area contributed by atoms with Gasteiger partial charge in [0.25, 0.3) is 0 Å². The molecule has 5 aliphatic rings. The number of hydrogen-bond acceptors (Lipinski definition) is 2. The molecule has 5 rings (SSSR count). The summed E-state index contributed by atoms with van der Waals surface area (Å²) in [6.07, 6.45) is 7.76. The Bertz CT molecular complexity index is 416. The fraction of sp³-hybridized carbons (Fsp3) is 0.944. The summed E-state index contributed by atoms with van der Waals surface area (Å²) in [6, 6.07) is 0.236. The highest BCUT2D eigenvalue weighted by molar-refractivity contribution is 5.80. The summed E-state index contributed by atoms with van der Waals surface area (Å²) in [5.74, 6) is 4.12. The van der Waals surface area contributed by atoms with Gasteiger partial charge in [0.15, 0.2) is 0 Å². The van der Waals surface area contributed by atoms with Crippen molar-refractivity contribution in [1.29, 1.82) is 0 Å². The molecule has 118 valence electrons. The largest absolute Gasteiger partial charge is 0.342 e. The molecule has 5 fully saturated rings. The van der Waals surface area contributed by atoms with Crippen LogP contribution >= 0.6 is 0 Å². The number of carbonyl (C=O) groups is 1. The maximum atomic E-state index is 13.2. The summed E-state index contributed by atoms with van der Waals surface area (Å²) < 4.78 is 0. The third kappa shape index (κ3) is 2.23. The predicted octanol–water partition coefficient (Wildman–Crippen LogP) is 2.64. The summed E-state index contributed by atoms with van der Waals surface area (Å²) >= 11 is 0. The maximum Gasteiger partial charge on any atom is 0.226 e. The van der Waals surface area contributed by atoms with Crippen LogP contribution in [0.5, 0.6) is 0 Å². The predicted molar refractivity (Wildman–Crippen MR) is 83.5 cm³/mol. The van der Waals surface area contributed by atoms with Crippen LogP contribution in [0.25, 0.3) is 0 Å². The summed E-state index contributed by atoms with van der Waals surface area (Å²) in [7, 11) is 0. The van der Waals surface area contributed by atoms with Crippen LogP contribution < -0.4 is 5.73 Å². The molecule has 0 aromatic rings. The number of carbonyl (C=O) groups excluding carboxylic acids is 1. The highest BCUT2D eigenvalue weighted by atomic mass is 16.2. The Balaban J connectivity index is 1.50. The zero-order chi connectivity index (χ0) is 14.8. The summed E-state index contributed by atoms with van der Waals surface area (Å²) in [5, 5.41) is 0. The van der Waals surface area contributed by atoms with Crippen LogP contribution in [0.15, 0.2) is 0 Å². The minimum atomic E-state index is 0.0693. The average Bonchev–Trinajstić information content (AvgIpc) is 2.40. The molecule has 0 aromatic carbocycles. The van der Waals surface area contributed by atoms with E-state index >= 15 is 0 Å². The molecule has 4 bridgehead atoms. The normalized spacial score (nSPS) is 47.7. The fourth-order valence-electron chi connectivity index (χ4n) is 6.10. The lowest BCUT2D eigenvalue weighted by Crippen LogP contribution is -2.58. The van der Waals surface area contributed by atoms with Gasteiger partial charge >= 0.3 is 0 Å². The molecule has 1 amide bonds. The van der Waals surface area contributed by atoms with E-state index in [1.807, 2.05) is 0 Å². The monoisotopic (exact) mass is 290 g/mol. The van der Waals surface area contributed by atoms with Crippen molar-refractivity contribution in [1.82, 2.24) is 4.90 Å². The molecule has 21 heavy (non-hydrogen) atoms. The molecule has 4 aliphatic carbocycles. The van der Waals surface area contributed by atoms with Crippen LogP contribution in [-0.4, -0.2) is 29.9 Å². The van der Waals surface area contributed by atoms with Gasteiger partial charge in [0.1, 0.15) is 0 Å². The first-order valence-electron chi connectivity index (χ1n) is 8.98. The van der Waals surface area contributed by atoms with E-state index in [-0.39, 0.29) is 11.5 Å². The Kier molecular flexibility index (Phi) is 3.15. The highest BCUT2D eigenvalue weighted by Crippen LogP contribution is 2.57. The van der Waals surface area contributed by atoms with Gasteiger partial charge in [0, 0.05) is 25.0 Å². The highest BCUT2D eigenvalue weighted by Gasteiger charge is 2.52. The lowest BCUT2D eigenvalue weighted by atomic mass is 9.51. The van der Waals surface area contributed by atoms with E-state index in [0.717, 1.165) is 31.3 Å². The Morgan fingerprint density at radius 1 is 1.05 bits per heavy atom. The molecule has 3 heteroatoms. The fourth-order valence-corrected chi connectivity index (χ4v) is 6.10. The van der Waals surface area contributed by atoms with Gasteiger partial charge in [-0.25, -0.2) is 0 Å². The SMILES string of the molecule is CC1(C)CN(C(=O)C2C3CC4CC(C3)CC2C4)CCC1N. The number of nitrogens with zero attached hydrogens (tertiary/aromatic N) is 1. The lowest BCUT2D eigenvalue weighted by Gasteiger charge is -2.55. The summed E-state index contributed by atoms with van der Waals surface area (Å²) in [5.41, 5.74) is 6.30. The molecule has 3 nitrogen and oxygen atoms in total. The Labute approximate surface area is 128 Å². The van der Waals surface area contributed by atoms with Crippen LogP contribution in [0, 0.1) is 35.0 Å². The molecule has 0 radical (unpaired) electrons. The number of nitrogens with two attached hydrogens (primary N) is 1. The Morgan fingerprint density at radius 2 is 1.62 bits per heavy atom. The van der Waals surface area contributed by atoms with Crippen LogP contribution in [0.1, 0.15) is 52.4 Å². The average molecular weight is 290 g/mol. The van der Waals surface area contributed by atoms with Crippen molar-refractivity contribution in [3.05, 3.63) is 0 Å². The van der Waals surface area contributed by atoms with Crippen molar-refractivity contribution in [2.75, 3.05) is 13.1 Å². The first-order valence-corrected chi connectivity index (χ1v) is 8.98. The van der Waals surface area contributed by atoms with Gasteiger partial charge in [-0.2, -0.15) is 0 Å². The van der Waals surface area contributed by atoms with E-state index in [1.165, 1.54) is 32.1 Å². The van der Waals surface area contributed by atoms with Gasteiger partial charge in [0.05, 0.1) is 0 Å². The quantitative estimate of drug-likeness (QED) is 0.807. The molecule has 1 unspecified atom stereocenters. The van der Waals surface area contributed by atoms with E-state index in [9.17, 15) is 4.79 Å². The minimum absolute atomic E-state index is 0.0693. The standard InChI is InChI=1S/C18H30N2O/c1-18(2)10-20(4-3-15(18)19)17(21)16-13-6-11-5-12(8-13)9-14(16)7-11/h11-16H,3-10,19H2,1-2H3.